The normalized spacial score (nSPS) is 10.0. The van der Waals surface area contributed by atoms with Crippen LogP contribution in [0, 0.1) is 0 Å². The van der Waals surface area contributed by atoms with Crippen LogP contribution in [0.25, 0.3) is 0 Å². The van der Waals surface area contributed by atoms with Gasteiger partial charge in [0, 0.05) is 40.3 Å². The van der Waals surface area contributed by atoms with E-state index in [1.54, 1.807) is 24.1 Å². The second kappa shape index (κ2) is 10.8. The van der Waals surface area contributed by atoms with Gasteiger partial charge in [0.2, 0.25) is 0 Å². The Morgan fingerprint density at radius 3 is 1.08 bits per heavy atom. The third kappa shape index (κ3) is 22.6. The SMILES string of the molecule is CN(N)CCN.CN(N)CCN. The second-order valence-corrected chi connectivity index (χ2v) is 2.54. The van der Waals surface area contributed by atoms with Gasteiger partial charge in [0.25, 0.3) is 0 Å². The zero-order valence-electron chi connectivity index (χ0n) is 8.03. The fraction of sp³-hybridized carbons (Fsp3) is 1.00. The van der Waals surface area contributed by atoms with Crippen molar-refractivity contribution in [1.29, 1.82) is 0 Å². The first-order valence-electron chi connectivity index (χ1n) is 3.86. The van der Waals surface area contributed by atoms with Gasteiger partial charge < -0.3 is 11.5 Å². The highest BCUT2D eigenvalue weighted by atomic mass is 15.4. The highest BCUT2D eigenvalue weighted by Gasteiger charge is 1.80. The molecule has 0 rings (SSSR count). The molecule has 0 fully saturated rings. The summed E-state index contributed by atoms with van der Waals surface area (Å²) in [5.41, 5.74) is 10.2. The third-order valence-corrected chi connectivity index (χ3v) is 0.964. The van der Waals surface area contributed by atoms with Crippen molar-refractivity contribution < 1.29 is 0 Å². The lowest BCUT2D eigenvalue weighted by molar-refractivity contribution is 0.359. The lowest BCUT2D eigenvalue weighted by Crippen LogP contribution is -2.31. The summed E-state index contributed by atoms with van der Waals surface area (Å²) in [6.07, 6.45) is 0. The van der Waals surface area contributed by atoms with E-state index in [1.807, 2.05) is 0 Å². The minimum atomic E-state index is 0.632. The number of nitrogens with two attached hydrogens (primary N) is 4. The highest BCUT2D eigenvalue weighted by Crippen LogP contribution is 1.58. The Bertz CT molecular complexity index is 64.4. The molecule has 0 heterocycles. The molecule has 0 aliphatic heterocycles. The molecule has 0 saturated carbocycles. The van der Waals surface area contributed by atoms with Crippen LogP contribution in [0.2, 0.25) is 0 Å². The van der Waals surface area contributed by atoms with Gasteiger partial charge in [0.1, 0.15) is 0 Å². The van der Waals surface area contributed by atoms with E-state index in [1.165, 1.54) is 0 Å². The summed E-state index contributed by atoms with van der Waals surface area (Å²) in [6.45, 7) is 2.79. The van der Waals surface area contributed by atoms with Crippen LogP contribution in [-0.2, 0) is 0 Å². The van der Waals surface area contributed by atoms with Gasteiger partial charge in [0.15, 0.2) is 0 Å². The number of hydrogen-bond acceptors (Lipinski definition) is 6. The predicted octanol–water partition coefficient (Wildman–Crippen LogP) is -2.50. The molecule has 0 saturated heterocycles. The van der Waals surface area contributed by atoms with E-state index < -0.39 is 0 Å². The van der Waals surface area contributed by atoms with Crippen molar-refractivity contribution in [3.8, 4) is 0 Å². The van der Waals surface area contributed by atoms with Gasteiger partial charge in [-0.2, -0.15) is 0 Å². The van der Waals surface area contributed by atoms with E-state index in [0.717, 1.165) is 13.1 Å². The third-order valence-electron chi connectivity index (χ3n) is 0.964. The summed E-state index contributed by atoms with van der Waals surface area (Å²) < 4.78 is 0. The molecule has 12 heavy (non-hydrogen) atoms. The maximum atomic E-state index is 5.16. The smallest absolute Gasteiger partial charge is 0.0248 e. The highest BCUT2D eigenvalue weighted by molar-refractivity contribution is 4.36. The van der Waals surface area contributed by atoms with Gasteiger partial charge >= 0.3 is 0 Å². The van der Waals surface area contributed by atoms with Crippen LogP contribution in [0.1, 0.15) is 0 Å². The Labute approximate surface area is 74.4 Å². The van der Waals surface area contributed by atoms with E-state index in [9.17, 15) is 0 Å². The van der Waals surface area contributed by atoms with Crippen molar-refractivity contribution in [1.82, 2.24) is 10.0 Å². The van der Waals surface area contributed by atoms with Crippen LogP contribution in [-0.4, -0.2) is 50.3 Å². The van der Waals surface area contributed by atoms with Gasteiger partial charge in [-0.3, -0.25) is 11.7 Å². The van der Waals surface area contributed by atoms with Gasteiger partial charge in [0.05, 0.1) is 0 Å². The first-order valence-corrected chi connectivity index (χ1v) is 3.86. The molecule has 0 bridgehead atoms. The standard InChI is InChI=1S/2C3H11N3/c2*1-6(5)3-2-4/h2*2-5H2,1H3. The topological polar surface area (TPSA) is 111 Å². The minimum absolute atomic E-state index is 0.632. The van der Waals surface area contributed by atoms with E-state index in [2.05, 4.69) is 0 Å². The summed E-state index contributed by atoms with van der Waals surface area (Å²) >= 11 is 0. The summed E-state index contributed by atoms with van der Waals surface area (Å²) in [5, 5.41) is 3.11. The van der Waals surface area contributed by atoms with Crippen molar-refractivity contribution in [2.45, 2.75) is 0 Å². The van der Waals surface area contributed by atoms with E-state index in [0.29, 0.717) is 13.1 Å². The number of hydrazine groups is 2. The Morgan fingerprint density at radius 2 is 1.08 bits per heavy atom. The predicted molar refractivity (Wildman–Crippen MR) is 51.7 cm³/mol. The second-order valence-electron chi connectivity index (χ2n) is 2.54. The molecule has 0 spiro atoms. The van der Waals surface area contributed by atoms with Gasteiger partial charge in [-0.1, -0.05) is 0 Å². The summed E-state index contributed by atoms with van der Waals surface area (Å²) in [6, 6.07) is 0. The molecule has 8 N–H and O–H groups in total. The zero-order valence-corrected chi connectivity index (χ0v) is 8.03. The maximum absolute atomic E-state index is 5.16. The monoisotopic (exact) mass is 178 g/mol. The minimum Gasteiger partial charge on any atom is -0.329 e. The number of nitrogens with zero attached hydrogens (tertiary/aromatic N) is 2. The molecule has 0 radical (unpaired) electrons. The van der Waals surface area contributed by atoms with Crippen LogP contribution >= 0.6 is 0 Å². The molecular formula is C6H22N6. The van der Waals surface area contributed by atoms with E-state index in [-0.39, 0.29) is 0 Å². The Kier molecular flexibility index (Phi) is 12.8. The molecular weight excluding hydrogens is 156 g/mol. The average molecular weight is 178 g/mol. The number of likely N-dealkylation sites (N-methyl/N-ethyl adjacent to an activating group) is 2. The van der Waals surface area contributed by atoms with Gasteiger partial charge in [-0.25, -0.2) is 10.0 Å². The first-order chi connectivity index (χ1) is 5.54. The van der Waals surface area contributed by atoms with E-state index >= 15 is 0 Å². The van der Waals surface area contributed by atoms with Crippen molar-refractivity contribution in [2.75, 3.05) is 40.3 Å². The van der Waals surface area contributed by atoms with Crippen LogP contribution < -0.4 is 23.2 Å². The Balaban J connectivity index is 0. The number of hydrogen-bond donors (Lipinski definition) is 4. The fourth-order valence-corrected chi connectivity index (χ4v) is 0.407. The number of rotatable bonds is 4. The van der Waals surface area contributed by atoms with Crippen molar-refractivity contribution in [3.05, 3.63) is 0 Å². The molecule has 0 aromatic heterocycles. The first kappa shape index (κ1) is 14.3. The van der Waals surface area contributed by atoms with Crippen molar-refractivity contribution >= 4 is 0 Å². The summed E-state index contributed by atoms with van der Waals surface area (Å²) in [7, 11) is 3.57. The quantitative estimate of drug-likeness (QED) is 0.280. The Morgan fingerprint density at radius 1 is 0.833 bits per heavy atom. The molecule has 0 aromatic carbocycles. The van der Waals surface area contributed by atoms with Crippen molar-refractivity contribution in [2.24, 2.45) is 23.2 Å². The van der Waals surface area contributed by atoms with E-state index in [4.69, 9.17) is 23.2 Å². The van der Waals surface area contributed by atoms with Crippen LogP contribution in [0.3, 0.4) is 0 Å². The molecule has 0 aromatic rings. The zero-order chi connectivity index (χ0) is 9.98. The molecule has 0 atom stereocenters. The van der Waals surface area contributed by atoms with Crippen LogP contribution in [0.15, 0.2) is 0 Å². The van der Waals surface area contributed by atoms with Crippen molar-refractivity contribution in [3.63, 3.8) is 0 Å². The Hall–Kier alpha value is -0.240. The van der Waals surface area contributed by atoms with Crippen LogP contribution in [0.5, 0.6) is 0 Å². The molecule has 0 amide bonds. The molecule has 76 valence electrons. The molecule has 0 unspecified atom stereocenters. The summed E-state index contributed by atoms with van der Waals surface area (Å²) in [5.74, 6) is 10.3. The fourth-order valence-electron chi connectivity index (χ4n) is 0.407. The molecule has 6 heteroatoms. The van der Waals surface area contributed by atoms with Crippen LogP contribution in [0.4, 0.5) is 0 Å². The maximum Gasteiger partial charge on any atom is 0.0248 e. The average Bonchev–Trinajstić information content (AvgIpc) is 1.87. The lowest BCUT2D eigenvalue weighted by Gasteiger charge is -2.03. The molecule has 0 aliphatic rings. The van der Waals surface area contributed by atoms with Gasteiger partial charge in [-0.15, -0.1) is 0 Å². The van der Waals surface area contributed by atoms with Gasteiger partial charge in [-0.05, 0) is 0 Å². The molecule has 0 aliphatic carbocycles. The summed E-state index contributed by atoms with van der Waals surface area (Å²) in [4.78, 5) is 0. The lowest BCUT2D eigenvalue weighted by atomic mass is 10.6. The molecule has 6 nitrogen and oxygen atoms in total. The largest absolute Gasteiger partial charge is 0.329 e.